The smallest absolute Gasteiger partial charge is 0.0389 e. The maximum absolute atomic E-state index is 6.06. The lowest BCUT2D eigenvalue weighted by atomic mass is 9.82. The van der Waals surface area contributed by atoms with E-state index in [0.717, 1.165) is 24.9 Å². The molecule has 0 aliphatic carbocycles. The predicted octanol–water partition coefficient (Wildman–Crippen LogP) is 3.63. The van der Waals surface area contributed by atoms with Crippen LogP contribution in [-0.4, -0.2) is 5.54 Å². The van der Waals surface area contributed by atoms with Gasteiger partial charge in [-0.3, -0.25) is 0 Å². The standard InChI is InChI=1S/C17H20N2/c1-17(12-14-7-2-4-8-15(14)18)11-10-13-6-3-5-9-16(13)19-17/h2-9,19H,10-12,18H2,1H3. The molecular formula is C17H20N2. The minimum atomic E-state index is 0.0871. The average molecular weight is 252 g/mol. The van der Waals surface area contributed by atoms with Crippen molar-refractivity contribution in [1.82, 2.24) is 0 Å². The summed E-state index contributed by atoms with van der Waals surface area (Å²) in [6.07, 6.45) is 3.23. The molecule has 2 heteroatoms. The minimum Gasteiger partial charge on any atom is -0.399 e. The van der Waals surface area contributed by atoms with Gasteiger partial charge in [-0.2, -0.15) is 0 Å². The third-order valence-corrected chi connectivity index (χ3v) is 4.04. The molecule has 1 atom stereocenters. The van der Waals surface area contributed by atoms with Crippen molar-refractivity contribution in [2.75, 3.05) is 11.1 Å². The lowest BCUT2D eigenvalue weighted by Crippen LogP contribution is -2.40. The van der Waals surface area contributed by atoms with Crippen LogP contribution in [-0.2, 0) is 12.8 Å². The first-order chi connectivity index (χ1) is 9.16. The van der Waals surface area contributed by atoms with E-state index in [1.165, 1.54) is 16.8 Å². The molecule has 0 fully saturated rings. The molecule has 3 rings (SSSR count). The fraction of sp³-hybridized carbons (Fsp3) is 0.294. The Balaban J connectivity index is 1.84. The second kappa shape index (κ2) is 4.61. The first-order valence-corrected chi connectivity index (χ1v) is 6.86. The van der Waals surface area contributed by atoms with E-state index in [1.54, 1.807) is 0 Å². The van der Waals surface area contributed by atoms with E-state index in [2.05, 4.69) is 48.6 Å². The van der Waals surface area contributed by atoms with Gasteiger partial charge in [0.05, 0.1) is 0 Å². The number of para-hydroxylation sites is 2. The van der Waals surface area contributed by atoms with Crippen molar-refractivity contribution < 1.29 is 0 Å². The van der Waals surface area contributed by atoms with Crippen LogP contribution in [0.3, 0.4) is 0 Å². The zero-order chi connectivity index (χ0) is 13.3. The van der Waals surface area contributed by atoms with Gasteiger partial charge in [0, 0.05) is 16.9 Å². The quantitative estimate of drug-likeness (QED) is 0.801. The molecule has 98 valence electrons. The van der Waals surface area contributed by atoms with Gasteiger partial charge in [-0.25, -0.2) is 0 Å². The van der Waals surface area contributed by atoms with Gasteiger partial charge in [-0.15, -0.1) is 0 Å². The van der Waals surface area contributed by atoms with Crippen LogP contribution in [0.2, 0.25) is 0 Å². The maximum Gasteiger partial charge on any atom is 0.0389 e. The highest BCUT2D eigenvalue weighted by molar-refractivity contribution is 5.56. The number of benzene rings is 2. The highest BCUT2D eigenvalue weighted by Crippen LogP contribution is 2.33. The zero-order valence-electron chi connectivity index (χ0n) is 11.3. The summed E-state index contributed by atoms with van der Waals surface area (Å²) in [6.45, 7) is 2.29. The number of rotatable bonds is 2. The van der Waals surface area contributed by atoms with Crippen LogP contribution in [0.5, 0.6) is 0 Å². The van der Waals surface area contributed by atoms with Crippen LogP contribution >= 0.6 is 0 Å². The van der Waals surface area contributed by atoms with Gasteiger partial charge in [0.25, 0.3) is 0 Å². The van der Waals surface area contributed by atoms with Crippen molar-refractivity contribution in [1.29, 1.82) is 0 Å². The number of nitrogens with two attached hydrogens (primary N) is 1. The molecule has 2 aromatic carbocycles. The third-order valence-electron chi connectivity index (χ3n) is 4.04. The van der Waals surface area contributed by atoms with Gasteiger partial charge < -0.3 is 11.1 Å². The molecule has 1 aliphatic heterocycles. The fourth-order valence-electron chi connectivity index (χ4n) is 2.91. The highest BCUT2D eigenvalue weighted by Gasteiger charge is 2.29. The molecule has 19 heavy (non-hydrogen) atoms. The van der Waals surface area contributed by atoms with Crippen molar-refractivity contribution in [3.63, 3.8) is 0 Å². The van der Waals surface area contributed by atoms with Crippen LogP contribution in [0, 0.1) is 0 Å². The number of aryl methyl sites for hydroxylation is 1. The van der Waals surface area contributed by atoms with Crippen molar-refractivity contribution in [3.8, 4) is 0 Å². The number of hydrogen-bond donors (Lipinski definition) is 2. The molecule has 0 saturated heterocycles. The minimum absolute atomic E-state index is 0.0871. The van der Waals surface area contributed by atoms with Crippen molar-refractivity contribution in [2.45, 2.75) is 31.7 Å². The number of hydrogen-bond acceptors (Lipinski definition) is 2. The van der Waals surface area contributed by atoms with E-state index in [-0.39, 0.29) is 5.54 Å². The Labute approximate surface area is 114 Å². The Morgan fingerprint density at radius 2 is 1.84 bits per heavy atom. The number of fused-ring (bicyclic) bond motifs is 1. The molecule has 0 amide bonds. The first-order valence-electron chi connectivity index (χ1n) is 6.86. The molecular weight excluding hydrogens is 232 g/mol. The Morgan fingerprint density at radius 3 is 2.68 bits per heavy atom. The van der Waals surface area contributed by atoms with Crippen molar-refractivity contribution in [3.05, 3.63) is 59.7 Å². The molecule has 1 unspecified atom stereocenters. The average Bonchev–Trinajstić information content (AvgIpc) is 2.41. The molecule has 1 heterocycles. The summed E-state index contributed by atoms with van der Waals surface area (Å²) in [4.78, 5) is 0. The SMILES string of the molecule is CC1(Cc2ccccc2N)CCc2ccccc2N1. The van der Waals surface area contributed by atoms with E-state index >= 15 is 0 Å². The summed E-state index contributed by atoms with van der Waals surface area (Å²) in [5.41, 5.74) is 11.0. The predicted molar refractivity (Wildman–Crippen MR) is 81.3 cm³/mol. The summed E-state index contributed by atoms with van der Waals surface area (Å²) >= 11 is 0. The van der Waals surface area contributed by atoms with E-state index < -0.39 is 0 Å². The molecule has 0 aromatic heterocycles. The molecule has 2 nitrogen and oxygen atoms in total. The normalized spacial score (nSPS) is 21.5. The van der Waals surface area contributed by atoms with E-state index in [9.17, 15) is 0 Å². The van der Waals surface area contributed by atoms with Crippen LogP contribution in [0.4, 0.5) is 11.4 Å². The van der Waals surface area contributed by atoms with Gasteiger partial charge in [-0.1, -0.05) is 36.4 Å². The van der Waals surface area contributed by atoms with Crippen LogP contribution in [0.15, 0.2) is 48.5 Å². The van der Waals surface area contributed by atoms with Crippen LogP contribution in [0.25, 0.3) is 0 Å². The Morgan fingerprint density at radius 1 is 1.11 bits per heavy atom. The summed E-state index contributed by atoms with van der Waals surface area (Å²) in [5, 5.41) is 3.69. The van der Waals surface area contributed by atoms with Crippen molar-refractivity contribution >= 4 is 11.4 Å². The number of nitrogen functional groups attached to an aromatic ring is 1. The van der Waals surface area contributed by atoms with Gasteiger partial charge in [0.1, 0.15) is 0 Å². The van der Waals surface area contributed by atoms with Gasteiger partial charge >= 0.3 is 0 Å². The summed E-state index contributed by atoms with van der Waals surface area (Å²) in [5.74, 6) is 0. The number of anilines is 2. The lowest BCUT2D eigenvalue weighted by Gasteiger charge is -2.37. The fourth-order valence-corrected chi connectivity index (χ4v) is 2.91. The zero-order valence-corrected chi connectivity index (χ0v) is 11.3. The largest absolute Gasteiger partial charge is 0.399 e. The topological polar surface area (TPSA) is 38.0 Å². The molecule has 2 aromatic rings. The highest BCUT2D eigenvalue weighted by atomic mass is 15.0. The van der Waals surface area contributed by atoms with Crippen LogP contribution < -0.4 is 11.1 Å². The maximum atomic E-state index is 6.06. The number of nitrogens with one attached hydrogen (secondary N) is 1. The van der Waals surface area contributed by atoms with E-state index in [1.807, 2.05) is 12.1 Å². The Bertz CT molecular complexity index is 591. The molecule has 3 N–H and O–H groups in total. The monoisotopic (exact) mass is 252 g/mol. The molecule has 0 saturated carbocycles. The van der Waals surface area contributed by atoms with Gasteiger partial charge in [0.2, 0.25) is 0 Å². The van der Waals surface area contributed by atoms with Crippen LogP contribution in [0.1, 0.15) is 24.5 Å². The molecule has 0 radical (unpaired) electrons. The van der Waals surface area contributed by atoms with Gasteiger partial charge in [-0.05, 0) is 49.4 Å². The second-order valence-electron chi connectivity index (χ2n) is 5.72. The summed E-state index contributed by atoms with van der Waals surface area (Å²) in [7, 11) is 0. The lowest BCUT2D eigenvalue weighted by molar-refractivity contribution is 0.456. The third kappa shape index (κ3) is 2.43. The summed E-state index contributed by atoms with van der Waals surface area (Å²) < 4.78 is 0. The van der Waals surface area contributed by atoms with E-state index in [4.69, 9.17) is 5.73 Å². The van der Waals surface area contributed by atoms with Crippen molar-refractivity contribution in [2.24, 2.45) is 0 Å². The molecule has 0 bridgehead atoms. The Kier molecular flexibility index (Phi) is 2.94. The first kappa shape index (κ1) is 12.1. The molecule has 1 aliphatic rings. The summed E-state index contributed by atoms with van der Waals surface area (Å²) in [6, 6.07) is 16.7. The van der Waals surface area contributed by atoms with E-state index in [0.29, 0.717) is 0 Å². The second-order valence-corrected chi connectivity index (χ2v) is 5.72. The molecule has 0 spiro atoms. The Hall–Kier alpha value is -1.96. The van der Waals surface area contributed by atoms with Gasteiger partial charge in [0.15, 0.2) is 0 Å².